The van der Waals surface area contributed by atoms with Gasteiger partial charge in [-0.1, -0.05) is 17.7 Å². The van der Waals surface area contributed by atoms with E-state index in [1.54, 1.807) is 24.6 Å². The molecule has 0 aromatic carbocycles. The molecule has 0 spiro atoms. The van der Waals surface area contributed by atoms with E-state index in [4.69, 9.17) is 11.6 Å². The summed E-state index contributed by atoms with van der Waals surface area (Å²) in [5.74, 6) is -0.0278. The average Bonchev–Trinajstić information content (AvgIpc) is 2.29. The number of rotatable bonds is 5. The van der Waals surface area contributed by atoms with Gasteiger partial charge in [0.2, 0.25) is 0 Å². The van der Waals surface area contributed by atoms with Crippen molar-refractivity contribution in [3.8, 4) is 0 Å². The monoisotopic (exact) mass is 273 g/mol. The highest BCUT2D eigenvalue weighted by Gasteiger charge is 2.15. The van der Waals surface area contributed by atoms with Crippen LogP contribution < -0.4 is 5.32 Å². The zero-order chi connectivity index (χ0) is 12.8. The topological polar surface area (TPSA) is 68.1 Å². The third-order valence-electron chi connectivity index (χ3n) is 2.04. The highest BCUT2D eigenvalue weighted by atomic mass is 35.5. The van der Waals surface area contributed by atoms with Crippen LogP contribution >= 0.6 is 23.4 Å². The number of thioether (sulfide) groups is 1. The van der Waals surface area contributed by atoms with Gasteiger partial charge in [0.05, 0.1) is 5.41 Å². The molecule has 1 aromatic rings. The molecule has 0 aliphatic carbocycles. The molecule has 0 fully saturated rings. The van der Waals surface area contributed by atoms with Gasteiger partial charge >= 0.3 is 5.82 Å². The fourth-order valence-corrected chi connectivity index (χ4v) is 1.68. The van der Waals surface area contributed by atoms with E-state index >= 15 is 0 Å². The molecule has 1 rings (SSSR count). The molecule has 0 bridgehead atoms. The van der Waals surface area contributed by atoms with Gasteiger partial charge in [-0.2, -0.15) is 0 Å². The predicted molar refractivity (Wildman–Crippen MR) is 69.4 cm³/mol. The van der Waals surface area contributed by atoms with Crippen LogP contribution in [0.1, 0.15) is 18.5 Å². The first-order valence-corrected chi connectivity index (χ1v) is 6.46. The van der Waals surface area contributed by atoms with Crippen molar-refractivity contribution in [1.29, 1.82) is 0 Å². The van der Waals surface area contributed by atoms with Crippen LogP contribution in [0.15, 0.2) is 29.6 Å². The van der Waals surface area contributed by atoms with Crippen molar-refractivity contribution in [2.75, 3.05) is 6.26 Å². The first-order valence-electron chi connectivity index (χ1n) is 4.80. The van der Waals surface area contributed by atoms with Crippen molar-refractivity contribution in [3.63, 3.8) is 0 Å². The number of hydrogen-bond acceptors (Lipinski definition) is 5. The molecule has 0 aliphatic heterocycles. The van der Waals surface area contributed by atoms with Crippen LogP contribution in [0, 0.1) is 10.1 Å². The number of halogens is 1. The second-order valence-electron chi connectivity index (χ2n) is 3.28. The second kappa shape index (κ2) is 6.46. The molecule has 1 aromatic heterocycles. The summed E-state index contributed by atoms with van der Waals surface area (Å²) >= 11 is 6.94. The van der Waals surface area contributed by atoms with E-state index < -0.39 is 4.92 Å². The van der Waals surface area contributed by atoms with Gasteiger partial charge < -0.3 is 10.1 Å². The fourth-order valence-electron chi connectivity index (χ4n) is 1.19. The molecule has 0 aliphatic rings. The molecule has 0 radical (unpaired) electrons. The molecule has 17 heavy (non-hydrogen) atoms. The van der Waals surface area contributed by atoms with E-state index in [-0.39, 0.29) is 11.9 Å². The Morgan fingerprint density at radius 1 is 1.71 bits per heavy atom. The lowest BCUT2D eigenvalue weighted by atomic mass is 10.1. The quantitative estimate of drug-likeness (QED) is 0.508. The summed E-state index contributed by atoms with van der Waals surface area (Å²) in [6.45, 7) is 1.82. The Bertz CT molecular complexity index is 422. The average molecular weight is 274 g/mol. The second-order valence-corrected chi connectivity index (χ2v) is 4.37. The van der Waals surface area contributed by atoms with Crippen LogP contribution in [0.5, 0.6) is 0 Å². The Morgan fingerprint density at radius 2 is 2.41 bits per heavy atom. The Balaban J connectivity index is 2.77. The van der Waals surface area contributed by atoms with E-state index in [0.29, 0.717) is 5.15 Å². The minimum atomic E-state index is -0.448. The van der Waals surface area contributed by atoms with Gasteiger partial charge in [-0.15, -0.1) is 11.8 Å². The third-order valence-corrected chi connectivity index (χ3v) is 2.72. The fraction of sp³-hybridized carbons (Fsp3) is 0.300. The van der Waals surface area contributed by atoms with E-state index in [2.05, 4.69) is 10.3 Å². The first kappa shape index (κ1) is 13.8. The summed E-state index contributed by atoms with van der Waals surface area (Å²) in [5.41, 5.74) is 0.836. The first-order chi connectivity index (χ1) is 8.04. The summed E-state index contributed by atoms with van der Waals surface area (Å²) in [4.78, 5) is 14.2. The Morgan fingerprint density at radius 3 is 2.88 bits per heavy atom. The zero-order valence-electron chi connectivity index (χ0n) is 9.38. The third kappa shape index (κ3) is 4.24. The van der Waals surface area contributed by atoms with Crippen molar-refractivity contribution in [2.24, 2.45) is 0 Å². The van der Waals surface area contributed by atoms with Gasteiger partial charge in [0.15, 0.2) is 0 Å². The number of hydrogen-bond donors (Lipinski definition) is 1. The van der Waals surface area contributed by atoms with Crippen LogP contribution in [0.2, 0.25) is 5.15 Å². The maximum absolute atomic E-state index is 10.7. The highest BCUT2D eigenvalue weighted by Crippen LogP contribution is 2.15. The standard InChI is InChI=1S/C10H12ClN3O2S/c1-7(8-3-4-9(11)12-5-8)13-10(6-17-2)14(15)16/h3-7,13H,1-2H3. The van der Waals surface area contributed by atoms with Crippen LogP contribution in [-0.4, -0.2) is 16.2 Å². The molecule has 7 heteroatoms. The molecule has 0 amide bonds. The maximum Gasteiger partial charge on any atom is 0.322 e. The van der Waals surface area contributed by atoms with E-state index in [9.17, 15) is 10.1 Å². The van der Waals surface area contributed by atoms with Crippen molar-refractivity contribution < 1.29 is 4.92 Å². The molecule has 1 atom stereocenters. The summed E-state index contributed by atoms with van der Waals surface area (Å²) in [6.07, 6.45) is 3.36. The smallest absolute Gasteiger partial charge is 0.322 e. The Hall–Kier alpha value is -1.27. The van der Waals surface area contributed by atoms with E-state index in [1.807, 2.05) is 6.92 Å². The molecule has 92 valence electrons. The van der Waals surface area contributed by atoms with E-state index in [0.717, 1.165) is 5.56 Å². The summed E-state index contributed by atoms with van der Waals surface area (Å²) < 4.78 is 0. The lowest BCUT2D eigenvalue weighted by Gasteiger charge is -2.10. The van der Waals surface area contributed by atoms with Gasteiger partial charge in [-0.3, -0.25) is 5.32 Å². The number of nitrogens with one attached hydrogen (secondary N) is 1. The van der Waals surface area contributed by atoms with Crippen LogP contribution in [-0.2, 0) is 0 Å². The van der Waals surface area contributed by atoms with Gasteiger partial charge in [0.25, 0.3) is 0 Å². The van der Waals surface area contributed by atoms with Crippen LogP contribution in [0.3, 0.4) is 0 Å². The lowest BCUT2D eigenvalue weighted by molar-refractivity contribution is -0.432. The van der Waals surface area contributed by atoms with Crippen LogP contribution in [0.4, 0.5) is 0 Å². The minimum Gasteiger partial charge on any atom is -0.358 e. The number of nitro groups is 1. The van der Waals surface area contributed by atoms with Gasteiger partial charge in [0, 0.05) is 11.8 Å². The summed E-state index contributed by atoms with van der Waals surface area (Å²) in [5, 5.41) is 15.4. The number of nitrogens with zero attached hydrogens (tertiary/aromatic N) is 2. The van der Waals surface area contributed by atoms with Gasteiger partial charge in [-0.25, -0.2) is 4.98 Å². The number of pyridine rings is 1. The Labute approximate surface area is 108 Å². The molecule has 1 heterocycles. The van der Waals surface area contributed by atoms with Crippen molar-refractivity contribution >= 4 is 23.4 Å². The maximum atomic E-state index is 10.7. The Kier molecular flexibility index (Phi) is 5.24. The van der Waals surface area contributed by atoms with Crippen molar-refractivity contribution in [3.05, 3.63) is 50.4 Å². The lowest BCUT2D eigenvalue weighted by Crippen LogP contribution is -2.23. The molecule has 1 unspecified atom stereocenters. The predicted octanol–water partition coefficient (Wildman–Crippen LogP) is 2.82. The summed E-state index contributed by atoms with van der Waals surface area (Å²) in [6, 6.07) is 3.23. The van der Waals surface area contributed by atoms with E-state index in [1.165, 1.54) is 17.2 Å². The summed E-state index contributed by atoms with van der Waals surface area (Å²) in [7, 11) is 0. The minimum absolute atomic E-state index is 0.0278. The molecular weight excluding hydrogens is 262 g/mol. The van der Waals surface area contributed by atoms with Gasteiger partial charge in [0.1, 0.15) is 11.2 Å². The molecular formula is C10H12ClN3O2S. The number of aromatic nitrogens is 1. The molecule has 1 N–H and O–H groups in total. The van der Waals surface area contributed by atoms with Crippen molar-refractivity contribution in [1.82, 2.24) is 10.3 Å². The SMILES string of the molecule is CSC=C(NC(C)c1ccc(Cl)nc1)[N+](=O)[O-]. The highest BCUT2D eigenvalue weighted by molar-refractivity contribution is 8.01. The molecule has 0 saturated carbocycles. The van der Waals surface area contributed by atoms with Crippen LogP contribution in [0.25, 0.3) is 0 Å². The van der Waals surface area contributed by atoms with Gasteiger partial charge in [-0.05, 0) is 24.2 Å². The van der Waals surface area contributed by atoms with Crippen molar-refractivity contribution in [2.45, 2.75) is 13.0 Å². The normalized spacial score (nSPS) is 13.2. The largest absolute Gasteiger partial charge is 0.358 e. The molecule has 0 saturated heterocycles. The zero-order valence-corrected chi connectivity index (χ0v) is 11.0. The molecule has 5 nitrogen and oxygen atoms in total.